The molecule has 0 bridgehead atoms. The van der Waals surface area contributed by atoms with Crippen LogP contribution in [-0.2, 0) is 24.0 Å². The molecule has 0 fully saturated rings. The molecule has 5 atom stereocenters. The molecule has 0 heterocycles. The Hall–Kier alpha value is -2.73. The number of hydrogen-bond acceptors (Lipinski definition) is 7. The molecule has 0 aromatic rings. The van der Waals surface area contributed by atoms with E-state index in [-0.39, 0.29) is 31.1 Å². The molecule has 0 aliphatic rings. The molecule has 5 unspecified atom stereocenters. The van der Waals surface area contributed by atoms with E-state index in [1.807, 2.05) is 20.8 Å². The van der Waals surface area contributed by atoms with E-state index in [9.17, 15) is 29.1 Å². The Balaban J connectivity index is 5.48. The molecule has 0 aliphatic carbocycles. The van der Waals surface area contributed by atoms with Crippen LogP contribution >= 0.6 is 0 Å². The van der Waals surface area contributed by atoms with Gasteiger partial charge in [-0.3, -0.25) is 19.2 Å². The van der Waals surface area contributed by atoms with Crippen molar-refractivity contribution in [1.29, 1.82) is 0 Å². The molecule has 12 nitrogen and oxygen atoms in total. The molecule has 12 heteroatoms. The van der Waals surface area contributed by atoms with Gasteiger partial charge in [0.25, 0.3) is 0 Å². The van der Waals surface area contributed by atoms with E-state index in [1.165, 1.54) is 0 Å². The number of carbonyl (C=O) groups is 5. The van der Waals surface area contributed by atoms with Crippen LogP contribution in [0.3, 0.4) is 0 Å². The predicted octanol–water partition coefficient (Wildman–Crippen LogP) is -0.661. The summed E-state index contributed by atoms with van der Waals surface area (Å²) >= 11 is 0. The third kappa shape index (κ3) is 13.1. The highest BCUT2D eigenvalue weighted by Gasteiger charge is 2.32. The minimum Gasteiger partial charge on any atom is -0.480 e. The molecule has 0 spiro atoms. The Kier molecular flexibility index (Phi) is 15.5. The second-order valence-corrected chi connectivity index (χ2v) is 9.36. The second-order valence-electron chi connectivity index (χ2n) is 9.36. The van der Waals surface area contributed by atoms with Crippen LogP contribution in [0.4, 0.5) is 0 Å². The smallest absolute Gasteiger partial charge is 0.326 e. The lowest BCUT2D eigenvalue weighted by atomic mass is 9.96. The Bertz CT molecular complexity index is 717. The minimum absolute atomic E-state index is 0.00689. The van der Waals surface area contributed by atoms with E-state index in [2.05, 4.69) is 16.0 Å². The van der Waals surface area contributed by atoms with Gasteiger partial charge in [-0.25, -0.2) is 4.79 Å². The van der Waals surface area contributed by atoms with Gasteiger partial charge in [0.1, 0.15) is 18.1 Å². The fourth-order valence-corrected chi connectivity index (χ4v) is 3.38. The number of rotatable bonds is 18. The molecule has 4 amide bonds. The maximum absolute atomic E-state index is 13.2. The maximum atomic E-state index is 13.2. The van der Waals surface area contributed by atoms with Crippen LogP contribution in [0, 0.1) is 11.8 Å². The first-order valence-corrected chi connectivity index (χ1v) is 12.2. The van der Waals surface area contributed by atoms with E-state index in [1.54, 1.807) is 6.92 Å². The minimum atomic E-state index is -1.34. The summed E-state index contributed by atoms with van der Waals surface area (Å²) in [5, 5.41) is 17.1. The molecule has 0 radical (unpaired) electrons. The van der Waals surface area contributed by atoms with Crippen LogP contribution in [0.2, 0.25) is 0 Å². The summed E-state index contributed by atoms with van der Waals surface area (Å²) in [6.45, 7) is 7.86. The van der Waals surface area contributed by atoms with Crippen molar-refractivity contribution in [2.75, 3.05) is 6.54 Å². The number of unbranched alkanes of at least 4 members (excludes halogenated alkanes) is 1. The third-order valence-corrected chi connectivity index (χ3v) is 5.73. The van der Waals surface area contributed by atoms with Gasteiger partial charge in [-0.05, 0) is 44.1 Å². The van der Waals surface area contributed by atoms with E-state index >= 15 is 0 Å². The summed E-state index contributed by atoms with van der Waals surface area (Å²) < 4.78 is 0. The van der Waals surface area contributed by atoms with Gasteiger partial charge in [0.15, 0.2) is 0 Å². The molecule has 0 saturated carbocycles. The van der Waals surface area contributed by atoms with Crippen molar-refractivity contribution in [3.05, 3.63) is 0 Å². The Labute approximate surface area is 207 Å². The highest BCUT2D eigenvalue weighted by molar-refractivity contribution is 5.94. The number of nitrogens with one attached hydrogen (secondary N) is 3. The van der Waals surface area contributed by atoms with Crippen LogP contribution in [-0.4, -0.2) is 65.4 Å². The highest BCUT2D eigenvalue weighted by atomic mass is 16.4. The van der Waals surface area contributed by atoms with Gasteiger partial charge in [0.2, 0.25) is 23.6 Å². The first-order valence-electron chi connectivity index (χ1n) is 12.2. The van der Waals surface area contributed by atoms with Gasteiger partial charge in [0.05, 0.1) is 6.04 Å². The van der Waals surface area contributed by atoms with E-state index in [0.29, 0.717) is 25.8 Å². The van der Waals surface area contributed by atoms with Crippen LogP contribution in [0.5, 0.6) is 0 Å². The van der Waals surface area contributed by atoms with Crippen molar-refractivity contribution in [1.82, 2.24) is 16.0 Å². The number of carbonyl (C=O) groups excluding carboxylic acids is 4. The summed E-state index contributed by atoms with van der Waals surface area (Å²) in [4.78, 5) is 61.2. The first-order chi connectivity index (χ1) is 16.3. The fourth-order valence-electron chi connectivity index (χ4n) is 3.38. The van der Waals surface area contributed by atoms with Gasteiger partial charge >= 0.3 is 5.97 Å². The lowest BCUT2D eigenvalue weighted by molar-refractivity contribution is -0.142. The number of nitrogens with two attached hydrogens (primary N) is 3. The molecule has 0 saturated heterocycles. The zero-order chi connectivity index (χ0) is 27.1. The summed E-state index contributed by atoms with van der Waals surface area (Å²) in [6.07, 6.45) is 2.27. The number of primary amides is 1. The average Bonchev–Trinajstić information content (AvgIpc) is 2.78. The van der Waals surface area contributed by atoms with Crippen molar-refractivity contribution in [3.63, 3.8) is 0 Å². The fraction of sp³-hybridized carbons (Fsp3) is 0.783. The van der Waals surface area contributed by atoms with Crippen molar-refractivity contribution in [3.8, 4) is 0 Å². The van der Waals surface area contributed by atoms with Crippen molar-refractivity contribution >= 4 is 29.6 Å². The number of hydrogen-bond donors (Lipinski definition) is 7. The molecular weight excluding hydrogens is 456 g/mol. The van der Waals surface area contributed by atoms with Crippen LogP contribution in [0.1, 0.15) is 72.6 Å². The number of carboxylic acid groups (broad SMARTS) is 1. The highest BCUT2D eigenvalue weighted by Crippen LogP contribution is 2.12. The van der Waals surface area contributed by atoms with Crippen LogP contribution in [0.15, 0.2) is 0 Å². The third-order valence-electron chi connectivity index (χ3n) is 5.73. The number of carboxylic acids is 1. The van der Waals surface area contributed by atoms with Crippen LogP contribution in [0.25, 0.3) is 0 Å². The zero-order valence-electron chi connectivity index (χ0n) is 21.3. The molecule has 0 aliphatic heterocycles. The summed E-state index contributed by atoms with van der Waals surface area (Å²) in [7, 11) is 0. The predicted molar refractivity (Wildman–Crippen MR) is 132 cm³/mol. The Morgan fingerprint density at radius 2 is 1.46 bits per heavy atom. The number of aliphatic carboxylic acids is 1. The second kappa shape index (κ2) is 16.8. The summed E-state index contributed by atoms with van der Waals surface area (Å²) in [6, 6.07) is -4.10. The number of amides is 4. The van der Waals surface area contributed by atoms with Crippen molar-refractivity contribution < 1.29 is 29.1 Å². The largest absolute Gasteiger partial charge is 0.480 e. The SMILES string of the molecule is CCC(C)C(NC(=O)C(N)CCCCN)C(=O)NC(CC(C)C)C(=O)NC(CCC(N)=O)C(=O)O. The van der Waals surface area contributed by atoms with E-state index < -0.39 is 53.8 Å². The molecule has 10 N–H and O–H groups in total. The van der Waals surface area contributed by atoms with Gasteiger partial charge in [-0.1, -0.05) is 40.5 Å². The normalized spacial score (nSPS) is 15.4. The molecular formula is C23H44N6O6. The molecule has 35 heavy (non-hydrogen) atoms. The average molecular weight is 501 g/mol. The maximum Gasteiger partial charge on any atom is 0.326 e. The monoisotopic (exact) mass is 500 g/mol. The van der Waals surface area contributed by atoms with E-state index in [4.69, 9.17) is 17.2 Å². The lowest BCUT2D eigenvalue weighted by Gasteiger charge is -2.28. The van der Waals surface area contributed by atoms with Crippen molar-refractivity contribution in [2.24, 2.45) is 29.0 Å². The molecule has 0 rings (SSSR count). The zero-order valence-corrected chi connectivity index (χ0v) is 21.3. The first kappa shape index (κ1) is 32.3. The van der Waals surface area contributed by atoms with Gasteiger partial charge in [-0.2, -0.15) is 0 Å². The quantitative estimate of drug-likeness (QED) is 0.119. The molecule has 0 aromatic heterocycles. The Morgan fingerprint density at radius 3 is 1.94 bits per heavy atom. The van der Waals surface area contributed by atoms with E-state index in [0.717, 1.165) is 6.42 Å². The molecule has 0 aromatic carbocycles. The van der Waals surface area contributed by atoms with Crippen LogP contribution < -0.4 is 33.2 Å². The van der Waals surface area contributed by atoms with Gasteiger partial charge in [-0.15, -0.1) is 0 Å². The van der Waals surface area contributed by atoms with Gasteiger partial charge in [0, 0.05) is 6.42 Å². The lowest BCUT2D eigenvalue weighted by Crippen LogP contribution is -2.58. The standard InChI is InChI=1S/C23H44N6O6/c1-5-14(4)19(29-20(31)15(25)8-6-7-11-24)22(33)28-17(12-13(2)3)21(32)27-16(23(34)35)9-10-18(26)30/h13-17,19H,5-12,24-25H2,1-4H3,(H2,26,30)(H,27,32)(H,28,33)(H,29,31)(H,34,35). The topological polar surface area (TPSA) is 220 Å². The molecule has 202 valence electrons. The van der Waals surface area contributed by atoms with Gasteiger partial charge < -0.3 is 38.3 Å². The Morgan fingerprint density at radius 1 is 0.857 bits per heavy atom. The van der Waals surface area contributed by atoms with Crippen molar-refractivity contribution in [2.45, 2.75) is 96.8 Å². The summed E-state index contributed by atoms with van der Waals surface area (Å²) in [5.74, 6) is -3.99. The summed E-state index contributed by atoms with van der Waals surface area (Å²) in [5.41, 5.74) is 16.5.